The van der Waals surface area contributed by atoms with E-state index >= 15 is 0 Å². The van der Waals surface area contributed by atoms with Crippen LogP contribution in [0.25, 0.3) is 0 Å². The quantitative estimate of drug-likeness (QED) is 0.454. The van der Waals surface area contributed by atoms with Crippen molar-refractivity contribution in [1.82, 2.24) is 5.01 Å². The maximum Gasteiger partial charge on any atom is 0.303 e. The lowest BCUT2D eigenvalue weighted by Gasteiger charge is -2.11. The predicted octanol–water partition coefficient (Wildman–Crippen LogP) is 2.83. The minimum Gasteiger partial charge on any atom is -0.505 e. The molecule has 0 spiro atoms. The van der Waals surface area contributed by atoms with Crippen molar-refractivity contribution in [3.63, 3.8) is 0 Å². The van der Waals surface area contributed by atoms with Gasteiger partial charge in [0.25, 0.3) is 5.91 Å². The lowest BCUT2D eigenvalue weighted by atomic mass is 10.0. The Morgan fingerprint density at radius 1 is 1.37 bits per heavy atom. The summed E-state index contributed by atoms with van der Waals surface area (Å²) in [6, 6.07) is 5.38. The van der Waals surface area contributed by atoms with Gasteiger partial charge in [-0.15, -0.1) is 0 Å². The van der Waals surface area contributed by atoms with Crippen molar-refractivity contribution in [3.05, 3.63) is 23.8 Å². The molecule has 8 heteroatoms. The summed E-state index contributed by atoms with van der Waals surface area (Å²) >= 11 is 0. The minimum absolute atomic E-state index is 0.0277. The van der Waals surface area contributed by atoms with Crippen LogP contribution in [0.5, 0.6) is 5.75 Å². The summed E-state index contributed by atoms with van der Waals surface area (Å²) < 4.78 is 0. The summed E-state index contributed by atoms with van der Waals surface area (Å²) in [7, 11) is 0. The molecule has 8 nitrogen and oxygen atoms in total. The smallest absolute Gasteiger partial charge is 0.303 e. The topological polar surface area (TPSA) is 115 Å². The first-order valence-electron chi connectivity index (χ1n) is 9.03. The summed E-state index contributed by atoms with van der Waals surface area (Å²) in [5, 5.41) is 28.6. The number of nitrogens with zero attached hydrogens (tertiary/aromatic N) is 3. The Hall–Kier alpha value is -2.90. The van der Waals surface area contributed by atoms with Gasteiger partial charge in [0.15, 0.2) is 5.71 Å². The normalized spacial score (nSPS) is 15.6. The van der Waals surface area contributed by atoms with Gasteiger partial charge in [0, 0.05) is 13.0 Å². The molecule has 1 aliphatic heterocycles. The van der Waals surface area contributed by atoms with Gasteiger partial charge < -0.3 is 10.2 Å². The van der Waals surface area contributed by atoms with Crippen molar-refractivity contribution in [2.75, 3.05) is 12.0 Å². The molecule has 0 radical (unpaired) electrons. The van der Waals surface area contributed by atoms with Crippen molar-refractivity contribution in [3.8, 4) is 5.75 Å². The van der Waals surface area contributed by atoms with E-state index in [4.69, 9.17) is 5.11 Å². The first-order chi connectivity index (χ1) is 12.8. The molecule has 1 aromatic carbocycles. The van der Waals surface area contributed by atoms with E-state index in [1.54, 1.807) is 13.0 Å². The number of aryl methyl sites for hydroxylation is 1. The molecule has 0 saturated carbocycles. The molecule has 0 bridgehead atoms. The number of amides is 1. The van der Waals surface area contributed by atoms with Gasteiger partial charge in [-0.1, -0.05) is 26.0 Å². The number of carboxylic acid groups (broad SMARTS) is 1. The second-order valence-corrected chi connectivity index (χ2v) is 6.93. The number of hydrazone groups is 2. The van der Waals surface area contributed by atoms with E-state index in [2.05, 4.69) is 29.5 Å². The molecule has 0 fully saturated rings. The number of phenolic OH excluding ortho intramolecular Hbond substituents is 1. The van der Waals surface area contributed by atoms with Crippen LogP contribution in [-0.2, 0) is 16.0 Å². The fourth-order valence-corrected chi connectivity index (χ4v) is 2.65. The fraction of sp³-hybridized carbons (Fsp3) is 0.474. The Morgan fingerprint density at radius 3 is 2.78 bits per heavy atom. The molecule has 1 aliphatic rings. The number of benzene rings is 1. The summed E-state index contributed by atoms with van der Waals surface area (Å²) in [4.78, 5) is 23.0. The van der Waals surface area contributed by atoms with Gasteiger partial charge in [0.1, 0.15) is 5.75 Å². The van der Waals surface area contributed by atoms with E-state index in [9.17, 15) is 14.7 Å². The Labute approximate surface area is 158 Å². The van der Waals surface area contributed by atoms with Crippen LogP contribution in [0.4, 0.5) is 5.69 Å². The van der Waals surface area contributed by atoms with Crippen molar-refractivity contribution >= 4 is 29.0 Å². The highest BCUT2D eigenvalue weighted by atomic mass is 16.4. The third kappa shape index (κ3) is 5.54. The molecule has 0 atom stereocenters. The van der Waals surface area contributed by atoms with Gasteiger partial charge >= 0.3 is 5.97 Å². The standard InChI is InChI=1S/C19H26N4O4/c1-12(2)9-10-14-6-4-7-15(18(14)26)20-21-17-13(3)22-23(19(17)27)11-5-8-16(24)25/h4,6-7,12,20,26H,5,8-11H2,1-3H3,(H,24,25)/b21-17-. The lowest BCUT2D eigenvalue weighted by Crippen LogP contribution is -2.29. The molecule has 3 N–H and O–H groups in total. The maximum absolute atomic E-state index is 12.4. The predicted molar refractivity (Wildman–Crippen MR) is 104 cm³/mol. The Bertz CT molecular complexity index is 771. The molecule has 27 heavy (non-hydrogen) atoms. The van der Waals surface area contributed by atoms with Gasteiger partial charge in [-0.3, -0.25) is 15.0 Å². The van der Waals surface area contributed by atoms with Gasteiger partial charge in [0.2, 0.25) is 0 Å². The first kappa shape index (κ1) is 20.4. The number of hydrogen-bond acceptors (Lipinski definition) is 6. The molecule has 0 aromatic heterocycles. The monoisotopic (exact) mass is 374 g/mol. The van der Waals surface area contributed by atoms with Gasteiger partial charge in [0.05, 0.1) is 11.4 Å². The highest BCUT2D eigenvalue weighted by Gasteiger charge is 2.29. The number of aliphatic carboxylic acids is 1. The largest absolute Gasteiger partial charge is 0.505 e. The number of phenols is 1. The number of carboxylic acids is 1. The van der Waals surface area contributed by atoms with E-state index in [1.165, 1.54) is 5.01 Å². The van der Waals surface area contributed by atoms with Crippen LogP contribution >= 0.6 is 0 Å². The second kappa shape index (κ2) is 9.16. The van der Waals surface area contributed by atoms with E-state index in [0.717, 1.165) is 18.4 Å². The summed E-state index contributed by atoms with van der Waals surface area (Å²) in [5.41, 5.74) is 4.60. The van der Waals surface area contributed by atoms with Crippen LogP contribution in [0.2, 0.25) is 0 Å². The zero-order valence-electron chi connectivity index (χ0n) is 15.9. The molecular weight excluding hydrogens is 348 g/mol. The number of nitrogens with one attached hydrogen (secondary N) is 1. The molecule has 0 saturated heterocycles. The van der Waals surface area contributed by atoms with Crippen LogP contribution in [0.3, 0.4) is 0 Å². The van der Waals surface area contributed by atoms with Crippen molar-refractivity contribution in [2.24, 2.45) is 16.1 Å². The Kier molecular flexibility index (Phi) is 6.92. The SMILES string of the molecule is CC1=NN(CCCC(=O)O)C(=O)/C1=N\Nc1cccc(CCC(C)C)c1O. The van der Waals surface area contributed by atoms with E-state index in [-0.39, 0.29) is 30.3 Å². The van der Waals surface area contributed by atoms with Crippen molar-refractivity contribution in [2.45, 2.75) is 46.5 Å². The zero-order valence-corrected chi connectivity index (χ0v) is 15.9. The number of carbonyl (C=O) groups excluding carboxylic acids is 1. The van der Waals surface area contributed by atoms with Crippen LogP contribution in [0.15, 0.2) is 28.4 Å². The number of anilines is 1. The van der Waals surface area contributed by atoms with Crippen molar-refractivity contribution in [1.29, 1.82) is 0 Å². The maximum atomic E-state index is 12.4. The molecule has 0 aliphatic carbocycles. The highest BCUT2D eigenvalue weighted by molar-refractivity contribution is 6.68. The average molecular weight is 374 g/mol. The molecular formula is C19H26N4O4. The average Bonchev–Trinajstić information content (AvgIpc) is 2.86. The molecule has 146 valence electrons. The van der Waals surface area contributed by atoms with Crippen molar-refractivity contribution < 1.29 is 19.8 Å². The van der Waals surface area contributed by atoms with E-state index in [1.807, 2.05) is 12.1 Å². The highest BCUT2D eigenvalue weighted by Crippen LogP contribution is 2.29. The van der Waals surface area contributed by atoms with Crippen LogP contribution in [0, 0.1) is 5.92 Å². The number of rotatable bonds is 9. The minimum atomic E-state index is -0.911. The number of para-hydroxylation sites is 1. The second-order valence-electron chi connectivity index (χ2n) is 6.93. The zero-order chi connectivity index (χ0) is 20.0. The summed E-state index contributed by atoms with van der Waals surface area (Å²) in [5.74, 6) is -0.643. The Balaban J connectivity index is 2.05. The van der Waals surface area contributed by atoms with Crippen LogP contribution in [0.1, 0.15) is 45.6 Å². The van der Waals surface area contributed by atoms with E-state index in [0.29, 0.717) is 23.7 Å². The molecule has 1 heterocycles. The Morgan fingerprint density at radius 2 is 2.11 bits per heavy atom. The molecule has 1 aromatic rings. The fourth-order valence-electron chi connectivity index (χ4n) is 2.65. The van der Waals surface area contributed by atoms with Crippen LogP contribution < -0.4 is 5.43 Å². The number of hydrogen-bond donors (Lipinski definition) is 3. The van der Waals surface area contributed by atoms with Gasteiger partial charge in [-0.2, -0.15) is 10.2 Å². The molecule has 2 rings (SSSR count). The number of carbonyl (C=O) groups is 2. The van der Waals surface area contributed by atoms with Gasteiger partial charge in [-0.05, 0) is 43.7 Å². The van der Waals surface area contributed by atoms with Crippen LogP contribution in [-0.4, -0.2) is 45.1 Å². The lowest BCUT2D eigenvalue weighted by molar-refractivity contribution is -0.137. The molecule has 1 amide bonds. The van der Waals surface area contributed by atoms with Gasteiger partial charge in [-0.25, -0.2) is 5.01 Å². The number of aromatic hydroxyl groups is 1. The summed E-state index contributed by atoms with van der Waals surface area (Å²) in [6.45, 7) is 6.13. The third-order valence-electron chi connectivity index (χ3n) is 4.21. The first-order valence-corrected chi connectivity index (χ1v) is 9.03. The van der Waals surface area contributed by atoms with E-state index < -0.39 is 5.97 Å². The summed E-state index contributed by atoms with van der Waals surface area (Å²) in [6.07, 6.45) is 2.00. The molecule has 0 unspecified atom stereocenters. The third-order valence-corrected chi connectivity index (χ3v) is 4.21.